The quantitative estimate of drug-likeness (QED) is 0.321. The molecule has 42 heavy (non-hydrogen) atoms. The smallest absolute Gasteiger partial charge is 0.315 e. The molecule has 10 nitrogen and oxygen atoms in total. The van der Waals surface area contributed by atoms with E-state index in [2.05, 4.69) is 49.4 Å². The number of amides is 1. The first kappa shape index (κ1) is 28.0. The zero-order chi connectivity index (χ0) is 29.1. The summed E-state index contributed by atoms with van der Waals surface area (Å²) >= 11 is 0. The number of imidazole rings is 1. The molecule has 0 radical (unpaired) electrons. The maximum atomic E-state index is 12.8. The molecule has 0 bridgehead atoms. The Morgan fingerprint density at radius 3 is 2.52 bits per heavy atom. The number of aromatic amines is 1. The van der Waals surface area contributed by atoms with Crippen LogP contribution in [0.4, 0.5) is 14.5 Å². The number of aromatic nitrogens is 4. The highest BCUT2D eigenvalue weighted by Crippen LogP contribution is 2.34. The summed E-state index contributed by atoms with van der Waals surface area (Å²) in [6.07, 6.45) is -0.663. The molecular formula is C30H33F2N7O3. The number of carbonyl (C=O) groups is 1. The maximum Gasteiger partial charge on any atom is 0.315 e. The van der Waals surface area contributed by atoms with Gasteiger partial charge in [-0.3, -0.25) is 9.69 Å². The Bertz CT molecular complexity index is 1530. The van der Waals surface area contributed by atoms with E-state index in [1.807, 2.05) is 18.2 Å². The first-order valence-electron chi connectivity index (χ1n) is 14.1. The second-order valence-corrected chi connectivity index (χ2v) is 10.5. The molecule has 1 amide bonds. The van der Waals surface area contributed by atoms with E-state index in [1.54, 1.807) is 7.05 Å². The first-order chi connectivity index (χ1) is 20.5. The number of rotatable bonds is 8. The number of benzene rings is 2. The number of carbonyl (C=O) groups excluding carboxylic acids is 1. The summed E-state index contributed by atoms with van der Waals surface area (Å²) in [4.78, 5) is 32.3. The Balaban J connectivity index is 1.18. The molecule has 220 valence electrons. The molecule has 12 heteroatoms. The van der Waals surface area contributed by atoms with E-state index in [0.29, 0.717) is 35.4 Å². The molecule has 0 saturated carbocycles. The standard InChI is InChI=1S/C30H33F2N7O3/c1-33-23-16-21(6-7-24(23)42-22-8-10-39(11-9-22)30(40)27(31)32)25-26-29(35-18-34-25)37-28(36-26)20-4-2-19(3-5-20)17-38-12-14-41-15-13-38/h2-7,16,18,22,27,33H,8-15,17H2,1H3,(H,34,35,36,37). The van der Waals surface area contributed by atoms with Gasteiger partial charge in [0, 0.05) is 63.7 Å². The number of ether oxygens (including phenoxy) is 2. The molecule has 4 heterocycles. The van der Waals surface area contributed by atoms with Gasteiger partial charge in [0.2, 0.25) is 0 Å². The number of piperidine rings is 1. The van der Waals surface area contributed by atoms with E-state index in [9.17, 15) is 13.6 Å². The van der Waals surface area contributed by atoms with Crippen LogP contribution < -0.4 is 10.1 Å². The number of H-pyrrole nitrogens is 1. The highest BCUT2D eigenvalue weighted by atomic mass is 19.3. The van der Waals surface area contributed by atoms with Crippen molar-refractivity contribution in [3.8, 4) is 28.4 Å². The molecule has 2 aliphatic heterocycles. The van der Waals surface area contributed by atoms with E-state index in [-0.39, 0.29) is 19.2 Å². The van der Waals surface area contributed by atoms with E-state index in [1.165, 1.54) is 16.8 Å². The van der Waals surface area contributed by atoms with Crippen molar-refractivity contribution in [3.63, 3.8) is 0 Å². The summed E-state index contributed by atoms with van der Waals surface area (Å²) < 4.78 is 37.2. The van der Waals surface area contributed by atoms with Crippen LogP contribution in [0.2, 0.25) is 0 Å². The van der Waals surface area contributed by atoms with Gasteiger partial charge in [0.15, 0.2) is 5.65 Å². The first-order valence-corrected chi connectivity index (χ1v) is 14.1. The number of halogens is 2. The fourth-order valence-electron chi connectivity index (χ4n) is 5.45. The molecule has 2 aromatic heterocycles. The van der Waals surface area contributed by atoms with Crippen LogP contribution in [0.15, 0.2) is 48.8 Å². The molecule has 2 aromatic carbocycles. The lowest BCUT2D eigenvalue weighted by atomic mass is 10.1. The molecule has 0 unspecified atom stereocenters. The molecule has 6 rings (SSSR count). The second-order valence-electron chi connectivity index (χ2n) is 10.5. The summed E-state index contributed by atoms with van der Waals surface area (Å²) in [5, 5.41) is 3.18. The minimum absolute atomic E-state index is 0.176. The van der Waals surface area contributed by atoms with Gasteiger partial charge in [-0.05, 0) is 23.8 Å². The summed E-state index contributed by atoms with van der Waals surface area (Å²) in [5.74, 6) is 0.243. The van der Waals surface area contributed by atoms with E-state index in [4.69, 9.17) is 14.5 Å². The van der Waals surface area contributed by atoms with Crippen molar-refractivity contribution in [2.24, 2.45) is 0 Å². The topological polar surface area (TPSA) is 108 Å². The highest BCUT2D eigenvalue weighted by molar-refractivity contribution is 5.90. The predicted molar refractivity (Wildman–Crippen MR) is 154 cm³/mol. The number of hydrogen-bond donors (Lipinski definition) is 2. The maximum absolute atomic E-state index is 12.8. The molecule has 2 saturated heterocycles. The molecule has 2 fully saturated rings. The fraction of sp³-hybridized carbons (Fsp3) is 0.400. The normalized spacial score (nSPS) is 16.7. The van der Waals surface area contributed by atoms with Gasteiger partial charge in [-0.15, -0.1) is 0 Å². The van der Waals surface area contributed by atoms with Crippen LogP contribution in [0, 0.1) is 0 Å². The minimum atomic E-state index is -2.98. The second kappa shape index (κ2) is 12.4. The summed E-state index contributed by atoms with van der Waals surface area (Å²) in [6.45, 7) is 4.83. The van der Waals surface area contributed by atoms with Gasteiger partial charge in [0.1, 0.15) is 35.2 Å². The van der Waals surface area contributed by atoms with Gasteiger partial charge in [-0.1, -0.05) is 24.3 Å². The van der Waals surface area contributed by atoms with E-state index in [0.717, 1.165) is 55.5 Å². The van der Waals surface area contributed by atoms with Crippen LogP contribution in [-0.2, 0) is 16.1 Å². The predicted octanol–water partition coefficient (Wildman–Crippen LogP) is 4.20. The fourth-order valence-corrected chi connectivity index (χ4v) is 5.45. The van der Waals surface area contributed by atoms with Gasteiger partial charge in [0.05, 0.1) is 18.9 Å². The van der Waals surface area contributed by atoms with Crippen LogP contribution in [0.5, 0.6) is 5.75 Å². The van der Waals surface area contributed by atoms with Crippen molar-refractivity contribution >= 4 is 22.8 Å². The molecule has 0 spiro atoms. The van der Waals surface area contributed by atoms with Crippen LogP contribution in [0.3, 0.4) is 0 Å². The number of likely N-dealkylation sites (tertiary alicyclic amines) is 1. The third kappa shape index (κ3) is 6.04. The van der Waals surface area contributed by atoms with Crippen molar-refractivity contribution < 1.29 is 23.0 Å². The lowest BCUT2D eigenvalue weighted by Crippen LogP contribution is -2.44. The van der Waals surface area contributed by atoms with Crippen molar-refractivity contribution in [2.45, 2.75) is 31.9 Å². The van der Waals surface area contributed by atoms with Crippen molar-refractivity contribution in [1.29, 1.82) is 0 Å². The summed E-state index contributed by atoms with van der Waals surface area (Å²) in [7, 11) is 1.81. The van der Waals surface area contributed by atoms with Crippen LogP contribution in [-0.4, -0.2) is 94.6 Å². The van der Waals surface area contributed by atoms with Crippen molar-refractivity contribution in [3.05, 3.63) is 54.4 Å². The molecule has 0 aliphatic carbocycles. The molecule has 2 aliphatic rings. The lowest BCUT2D eigenvalue weighted by molar-refractivity contribution is -0.144. The van der Waals surface area contributed by atoms with Crippen LogP contribution in [0.25, 0.3) is 33.8 Å². The van der Waals surface area contributed by atoms with Gasteiger partial charge >= 0.3 is 6.43 Å². The minimum Gasteiger partial charge on any atom is -0.488 e. The van der Waals surface area contributed by atoms with Crippen molar-refractivity contribution in [1.82, 2.24) is 29.7 Å². The monoisotopic (exact) mass is 577 g/mol. The Morgan fingerprint density at radius 2 is 1.81 bits per heavy atom. The Morgan fingerprint density at radius 1 is 1.07 bits per heavy atom. The van der Waals surface area contributed by atoms with Gasteiger partial charge in [-0.2, -0.15) is 8.78 Å². The van der Waals surface area contributed by atoms with E-state index >= 15 is 0 Å². The third-order valence-corrected chi connectivity index (χ3v) is 7.78. The average Bonchev–Trinajstić information content (AvgIpc) is 3.47. The van der Waals surface area contributed by atoms with E-state index < -0.39 is 12.3 Å². The Kier molecular flexibility index (Phi) is 8.24. The zero-order valence-corrected chi connectivity index (χ0v) is 23.4. The number of morpholine rings is 1. The highest BCUT2D eigenvalue weighted by Gasteiger charge is 2.29. The lowest BCUT2D eigenvalue weighted by Gasteiger charge is -2.32. The number of hydrogen-bond acceptors (Lipinski definition) is 8. The van der Waals surface area contributed by atoms with Crippen LogP contribution >= 0.6 is 0 Å². The zero-order valence-electron chi connectivity index (χ0n) is 23.4. The summed E-state index contributed by atoms with van der Waals surface area (Å²) in [5.41, 5.74) is 5.80. The summed E-state index contributed by atoms with van der Waals surface area (Å²) in [6, 6.07) is 14.1. The number of nitrogens with zero attached hydrogens (tertiary/aromatic N) is 5. The van der Waals surface area contributed by atoms with Gasteiger partial charge in [-0.25, -0.2) is 15.0 Å². The van der Waals surface area contributed by atoms with Crippen LogP contribution in [0.1, 0.15) is 18.4 Å². The molecule has 0 atom stereocenters. The molecular weight excluding hydrogens is 544 g/mol. The largest absolute Gasteiger partial charge is 0.488 e. The molecule has 4 aromatic rings. The van der Waals surface area contributed by atoms with Gasteiger partial charge < -0.3 is 24.7 Å². The average molecular weight is 578 g/mol. The number of alkyl halides is 2. The molecule has 2 N–H and O–H groups in total. The Labute approximate surface area is 242 Å². The van der Waals surface area contributed by atoms with Crippen molar-refractivity contribution in [2.75, 3.05) is 51.8 Å². The number of fused-ring (bicyclic) bond motifs is 1. The Hall–Kier alpha value is -4.16. The van der Waals surface area contributed by atoms with Gasteiger partial charge in [0.25, 0.3) is 5.91 Å². The number of nitrogens with one attached hydrogen (secondary N) is 2. The third-order valence-electron chi connectivity index (χ3n) is 7.78. The number of anilines is 1. The SMILES string of the molecule is CNc1cc(-c2ncnc3[nH]c(-c4ccc(CN5CCOCC5)cc4)nc23)ccc1OC1CCN(C(=O)C(F)F)CC1.